The number of carbonyl (C=O) groups is 1. The third-order valence-electron chi connectivity index (χ3n) is 5.02. The van der Waals surface area contributed by atoms with Crippen molar-refractivity contribution in [1.29, 1.82) is 0 Å². The maximum absolute atomic E-state index is 12.9. The number of carbonyl (C=O) groups excluding carboxylic acids is 1. The first-order valence-electron chi connectivity index (χ1n) is 9.34. The molecular formula is C22H27NO2. The molecule has 0 radical (unpaired) electrons. The number of fused-ring (bicyclic) bond motifs is 1. The van der Waals surface area contributed by atoms with Crippen LogP contribution in [0.1, 0.15) is 66.6 Å². The summed E-state index contributed by atoms with van der Waals surface area (Å²) in [5.74, 6) is 0.0251. The highest BCUT2D eigenvalue weighted by molar-refractivity contribution is 5.99. The summed E-state index contributed by atoms with van der Waals surface area (Å²) < 4.78 is 0. The number of unbranched alkanes of at least 4 members (excludes halogenated alkanes) is 3. The SMILES string of the molecule is CCCCCC[C@@H](O)[C@H]1c2ccccc2C(=O)N1Cc1ccccc1. The van der Waals surface area contributed by atoms with Gasteiger partial charge in [-0.25, -0.2) is 0 Å². The number of aliphatic hydroxyl groups excluding tert-OH is 1. The Hall–Kier alpha value is -2.13. The lowest BCUT2D eigenvalue weighted by molar-refractivity contribution is 0.0365. The molecule has 1 aliphatic heterocycles. The fourth-order valence-corrected chi connectivity index (χ4v) is 3.70. The van der Waals surface area contributed by atoms with Gasteiger partial charge in [-0.2, -0.15) is 0 Å². The Morgan fingerprint density at radius 2 is 1.72 bits per heavy atom. The van der Waals surface area contributed by atoms with Gasteiger partial charge in [0, 0.05) is 12.1 Å². The van der Waals surface area contributed by atoms with Crippen molar-refractivity contribution in [2.45, 2.75) is 57.7 Å². The van der Waals surface area contributed by atoms with Crippen LogP contribution in [0.25, 0.3) is 0 Å². The van der Waals surface area contributed by atoms with Gasteiger partial charge in [-0.3, -0.25) is 4.79 Å². The van der Waals surface area contributed by atoms with Gasteiger partial charge in [-0.15, -0.1) is 0 Å². The largest absolute Gasteiger partial charge is 0.391 e. The van der Waals surface area contributed by atoms with Crippen LogP contribution in [-0.2, 0) is 6.54 Å². The molecule has 0 unspecified atom stereocenters. The van der Waals surface area contributed by atoms with Crippen molar-refractivity contribution < 1.29 is 9.90 Å². The van der Waals surface area contributed by atoms with E-state index in [1.165, 1.54) is 12.8 Å². The lowest BCUT2D eigenvalue weighted by Gasteiger charge is -2.29. The summed E-state index contributed by atoms with van der Waals surface area (Å²) in [6.07, 6.45) is 4.72. The van der Waals surface area contributed by atoms with Crippen molar-refractivity contribution in [2.24, 2.45) is 0 Å². The number of hydrogen-bond donors (Lipinski definition) is 1. The number of rotatable bonds is 8. The Balaban J connectivity index is 1.81. The highest BCUT2D eigenvalue weighted by Gasteiger charge is 2.40. The van der Waals surface area contributed by atoms with Crippen LogP contribution in [0.5, 0.6) is 0 Å². The zero-order valence-electron chi connectivity index (χ0n) is 14.9. The Kier molecular flexibility index (Phi) is 5.87. The molecule has 0 aliphatic carbocycles. The van der Waals surface area contributed by atoms with E-state index in [-0.39, 0.29) is 11.9 Å². The van der Waals surface area contributed by atoms with E-state index in [1.54, 1.807) is 0 Å². The van der Waals surface area contributed by atoms with E-state index in [1.807, 2.05) is 59.5 Å². The summed E-state index contributed by atoms with van der Waals surface area (Å²) in [4.78, 5) is 14.7. The third-order valence-corrected chi connectivity index (χ3v) is 5.02. The van der Waals surface area contributed by atoms with Gasteiger partial charge < -0.3 is 10.0 Å². The van der Waals surface area contributed by atoms with Crippen LogP contribution in [0.2, 0.25) is 0 Å². The molecule has 1 N–H and O–H groups in total. The number of amides is 1. The molecule has 0 spiro atoms. The van der Waals surface area contributed by atoms with Gasteiger partial charge in [-0.05, 0) is 23.6 Å². The van der Waals surface area contributed by atoms with Gasteiger partial charge in [-0.1, -0.05) is 81.1 Å². The lowest BCUT2D eigenvalue weighted by atomic mass is 9.96. The van der Waals surface area contributed by atoms with Crippen LogP contribution in [-0.4, -0.2) is 22.0 Å². The van der Waals surface area contributed by atoms with E-state index >= 15 is 0 Å². The second kappa shape index (κ2) is 8.30. The van der Waals surface area contributed by atoms with Crippen LogP contribution in [0.4, 0.5) is 0 Å². The van der Waals surface area contributed by atoms with E-state index in [4.69, 9.17) is 0 Å². The topological polar surface area (TPSA) is 40.5 Å². The van der Waals surface area contributed by atoms with E-state index < -0.39 is 6.10 Å². The average molecular weight is 337 g/mol. The summed E-state index contributed by atoms with van der Waals surface area (Å²) >= 11 is 0. The van der Waals surface area contributed by atoms with Crippen molar-refractivity contribution in [3.8, 4) is 0 Å². The summed E-state index contributed by atoms with van der Waals surface area (Å²) in [7, 11) is 0. The van der Waals surface area contributed by atoms with Crippen LogP contribution < -0.4 is 0 Å². The minimum Gasteiger partial charge on any atom is -0.391 e. The predicted octanol–water partition coefficient (Wildman–Crippen LogP) is 4.72. The fourth-order valence-electron chi connectivity index (χ4n) is 3.70. The average Bonchev–Trinajstić information content (AvgIpc) is 2.92. The molecule has 0 saturated heterocycles. The van der Waals surface area contributed by atoms with Crippen LogP contribution in [0.15, 0.2) is 54.6 Å². The molecule has 0 fully saturated rings. The highest BCUT2D eigenvalue weighted by atomic mass is 16.3. The van der Waals surface area contributed by atoms with Crippen molar-refractivity contribution >= 4 is 5.91 Å². The summed E-state index contributed by atoms with van der Waals surface area (Å²) in [6.45, 7) is 2.72. The molecule has 132 valence electrons. The minimum absolute atomic E-state index is 0.0251. The van der Waals surface area contributed by atoms with Crippen molar-refractivity contribution in [2.75, 3.05) is 0 Å². The first-order valence-corrected chi connectivity index (χ1v) is 9.34. The minimum atomic E-state index is -0.520. The molecular weight excluding hydrogens is 310 g/mol. The molecule has 2 aromatic carbocycles. The number of benzene rings is 2. The lowest BCUT2D eigenvalue weighted by Crippen LogP contribution is -2.34. The number of aliphatic hydroxyl groups is 1. The van der Waals surface area contributed by atoms with Gasteiger partial charge >= 0.3 is 0 Å². The van der Waals surface area contributed by atoms with Crippen LogP contribution >= 0.6 is 0 Å². The molecule has 1 aliphatic rings. The van der Waals surface area contributed by atoms with E-state index in [0.29, 0.717) is 6.54 Å². The molecule has 3 heteroatoms. The van der Waals surface area contributed by atoms with Gasteiger partial charge in [0.05, 0.1) is 12.1 Å². The Morgan fingerprint density at radius 3 is 2.48 bits per heavy atom. The quantitative estimate of drug-likeness (QED) is 0.708. The molecule has 2 aromatic rings. The molecule has 1 amide bonds. The van der Waals surface area contributed by atoms with Crippen molar-refractivity contribution in [3.05, 3.63) is 71.3 Å². The standard InChI is InChI=1S/C22H27NO2/c1-2-3-4-8-15-20(24)21-18-13-9-10-14-19(18)22(25)23(21)16-17-11-6-5-7-12-17/h5-7,9-14,20-21,24H,2-4,8,15-16H2,1H3/t20-,21-/m1/s1. The van der Waals surface area contributed by atoms with Gasteiger partial charge in [0.1, 0.15) is 0 Å². The van der Waals surface area contributed by atoms with E-state index in [2.05, 4.69) is 6.92 Å². The normalized spacial score (nSPS) is 17.6. The second-order valence-corrected chi connectivity index (χ2v) is 6.87. The Morgan fingerprint density at radius 1 is 1.00 bits per heavy atom. The maximum atomic E-state index is 12.9. The van der Waals surface area contributed by atoms with E-state index in [9.17, 15) is 9.90 Å². The molecule has 25 heavy (non-hydrogen) atoms. The summed E-state index contributed by atoms with van der Waals surface area (Å²) in [5, 5.41) is 10.9. The monoisotopic (exact) mass is 337 g/mol. The second-order valence-electron chi connectivity index (χ2n) is 6.87. The molecule has 3 nitrogen and oxygen atoms in total. The van der Waals surface area contributed by atoms with Gasteiger partial charge in [0.2, 0.25) is 0 Å². The fraction of sp³-hybridized carbons (Fsp3) is 0.409. The summed E-state index contributed by atoms with van der Waals surface area (Å²) in [6, 6.07) is 17.5. The van der Waals surface area contributed by atoms with Crippen molar-refractivity contribution in [3.63, 3.8) is 0 Å². The zero-order valence-corrected chi connectivity index (χ0v) is 14.9. The summed E-state index contributed by atoms with van der Waals surface area (Å²) in [5.41, 5.74) is 2.79. The molecule has 2 atom stereocenters. The first-order chi connectivity index (χ1) is 12.2. The molecule has 0 aromatic heterocycles. The van der Waals surface area contributed by atoms with Crippen LogP contribution in [0.3, 0.4) is 0 Å². The highest BCUT2D eigenvalue weighted by Crippen LogP contribution is 2.38. The molecule has 3 rings (SSSR count). The predicted molar refractivity (Wildman–Crippen MR) is 100 cm³/mol. The number of hydrogen-bond acceptors (Lipinski definition) is 2. The molecule has 0 bridgehead atoms. The first kappa shape index (κ1) is 17.7. The van der Waals surface area contributed by atoms with E-state index in [0.717, 1.165) is 36.0 Å². The zero-order chi connectivity index (χ0) is 17.6. The Bertz CT molecular complexity index is 698. The van der Waals surface area contributed by atoms with Gasteiger partial charge in [0.25, 0.3) is 5.91 Å². The third kappa shape index (κ3) is 3.93. The van der Waals surface area contributed by atoms with Gasteiger partial charge in [0.15, 0.2) is 0 Å². The van der Waals surface area contributed by atoms with Crippen LogP contribution in [0, 0.1) is 0 Å². The number of nitrogens with zero attached hydrogens (tertiary/aromatic N) is 1. The molecule has 1 heterocycles. The smallest absolute Gasteiger partial charge is 0.255 e. The Labute approximate surface area is 150 Å². The maximum Gasteiger partial charge on any atom is 0.255 e. The van der Waals surface area contributed by atoms with Crippen molar-refractivity contribution in [1.82, 2.24) is 4.90 Å². The molecule has 0 saturated carbocycles.